The topological polar surface area (TPSA) is 122 Å². The van der Waals surface area contributed by atoms with Crippen molar-refractivity contribution in [2.75, 3.05) is 31.5 Å². The number of anilines is 1. The molecule has 2 heterocycles. The Morgan fingerprint density at radius 2 is 1.80 bits per heavy atom. The molecule has 4 bridgehead atoms. The summed E-state index contributed by atoms with van der Waals surface area (Å²) in [6.45, 7) is 10.2. The summed E-state index contributed by atoms with van der Waals surface area (Å²) in [7, 11) is -2.46. The van der Waals surface area contributed by atoms with Gasteiger partial charge in [-0.1, -0.05) is 38.1 Å². The van der Waals surface area contributed by atoms with Crippen molar-refractivity contribution in [1.82, 2.24) is 19.8 Å². The van der Waals surface area contributed by atoms with E-state index < -0.39 is 10.0 Å². The zero-order chi connectivity index (χ0) is 29.9. The SMILES string of the molecule is CC(=O)N(C)CCN1C(=O)c2cccc(c2)S(=O)(=O)Nc2nc(cc(-c3c(C)cccc3C)n2)OC[C@H]1CC(C)C. The summed E-state index contributed by atoms with van der Waals surface area (Å²) in [6, 6.07) is 13.1. The first-order valence-electron chi connectivity index (χ1n) is 13.6. The third kappa shape index (κ3) is 7.02. The minimum atomic E-state index is -4.14. The van der Waals surface area contributed by atoms with E-state index in [-0.39, 0.29) is 59.2 Å². The van der Waals surface area contributed by atoms with Crippen LogP contribution in [-0.4, -0.2) is 72.8 Å². The molecule has 10 nitrogen and oxygen atoms in total. The highest BCUT2D eigenvalue weighted by atomic mass is 32.2. The molecule has 11 heteroatoms. The Morgan fingerprint density at radius 1 is 1.12 bits per heavy atom. The molecule has 1 N–H and O–H groups in total. The fraction of sp³-hybridized carbons (Fsp3) is 0.400. The van der Waals surface area contributed by atoms with Crippen LogP contribution in [0.4, 0.5) is 5.95 Å². The zero-order valence-corrected chi connectivity index (χ0v) is 25.2. The van der Waals surface area contributed by atoms with Gasteiger partial charge in [0.2, 0.25) is 17.7 Å². The zero-order valence-electron chi connectivity index (χ0n) is 24.3. The van der Waals surface area contributed by atoms with Gasteiger partial charge >= 0.3 is 0 Å². The second-order valence-corrected chi connectivity index (χ2v) is 12.5. The lowest BCUT2D eigenvalue weighted by molar-refractivity contribution is -0.127. The molecule has 1 aliphatic heterocycles. The van der Waals surface area contributed by atoms with Crippen molar-refractivity contribution in [3.8, 4) is 17.1 Å². The molecule has 2 amide bonds. The number of aryl methyl sites for hydroxylation is 2. The minimum absolute atomic E-state index is 0.0904. The molecule has 0 spiro atoms. The summed E-state index contributed by atoms with van der Waals surface area (Å²) in [4.78, 5) is 37.9. The minimum Gasteiger partial charge on any atom is -0.475 e. The summed E-state index contributed by atoms with van der Waals surface area (Å²) >= 11 is 0. The summed E-state index contributed by atoms with van der Waals surface area (Å²) < 4.78 is 35.6. The number of likely N-dealkylation sites (N-methyl/N-ethyl adjacent to an activating group) is 1. The van der Waals surface area contributed by atoms with Gasteiger partial charge in [0.15, 0.2) is 0 Å². The Hall–Kier alpha value is -3.99. The molecule has 1 atom stereocenters. The van der Waals surface area contributed by atoms with Crippen molar-refractivity contribution < 1.29 is 22.7 Å². The molecular weight excluding hydrogens is 542 g/mol. The molecular formula is C30H37N5O5S. The van der Waals surface area contributed by atoms with Crippen LogP contribution in [0, 0.1) is 19.8 Å². The van der Waals surface area contributed by atoms with Gasteiger partial charge in [-0.15, -0.1) is 0 Å². The number of ether oxygens (including phenoxy) is 1. The maximum absolute atomic E-state index is 13.9. The van der Waals surface area contributed by atoms with Crippen LogP contribution >= 0.6 is 0 Å². The fourth-order valence-corrected chi connectivity index (χ4v) is 5.90. The molecule has 4 rings (SSSR count). The average Bonchev–Trinajstić information content (AvgIpc) is 2.90. The van der Waals surface area contributed by atoms with Gasteiger partial charge in [-0.05, 0) is 55.5 Å². The molecule has 3 aromatic rings. The predicted octanol–water partition coefficient (Wildman–Crippen LogP) is 4.29. The molecule has 218 valence electrons. The number of sulfonamides is 1. The molecule has 2 aromatic carbocycles. The summed E-state index contributed by atoms with van der Waals surface area (Å²) in [5, 5.41) is 0. The highest BCUT2D eigenvalue weighted by Gasteiger charge is 2.29. The number of carbonyl (C=O) groups is 2. The first-order valence-corrected chi connectivity index (χ1v) is 15.1. The molecule has 41 heavy (non-hydrogen) atoms. The molecule has 1 aromatic heterocycles. The van der Waals surface area contributed by atoms with Crippen molar-refractivity contribution in [2.24, 2.45) is 5.92 Å². The average molecular weight is 580 g/mol. The number of nitrogens with one attached hydrogen (secondary N) is 1. The van der Waals surface area contributed by atoms with Gasteiger partial charge in [0.1, 0.15) is 6.61 Å². The van der Waals surface area contributed by atoms with Gasteiger partial charge in [0.05, 0.1) is 16.6 Å². The number of benzene rings is 2. The molecule has 0 saturated carbocycles. The van der Waals surface area contributed by atoms with E-state index in [1.165, 1.54) is 25.1 Å². The highest BCUT2D eigenvalue weighted by molar-refractivity contribution is 7.92. The second-order valence-electron chi connectivity index (χ2n) is 10.8. The monoisotopic (exact) mass is 579 g/mol. The Balaban J connectivity index is 1.87. The summed E-state index contributed by atoms with van der Waals surface area (Å²) in [5.74, 6) is -0.187. The van der Waals surface area contributed by atoms with E-state index >= 15 is 0 Å². The van der Waals surface area contributed by atoms with Gasteiger partial charge in [-0.25, -0.2) is 18.1 Å². The number of carbonyl (C=O) groups excluding carboxylic acids is 2. The molecule has 0 aliphatic carbocycles. The van der Waals surface area contributed by atoms with Crippen molar-refractivity contribution in [3.63, 3.8) is 0 Å². The number of hydrogen-bond donors (Lipinski definition) is 1. The number of fused-ring (bicyclic) bond motifs is 4. The number of aromatic nitrogens is 2. The van der Waals surface area contributed by atoms with Crippen molar-refractivity contribution >= 4 is 27.8 Å². The fourth-order valence-electron chi connectivity index (χ4n) is 4.91. The van der Waals surface area contributed by atoms with Crippen LogP contribution in [0.5, 0.6) is 5.88 Å². The van der Waals surface area contributed by atoms with E-state index in [0.29, 0.717) is 18.7 Å². The van der Waals surface area contributed by atoms with Crippen LogP contribution < -0.4 is 9.46 Å². The van der Waals surface area contributed by atoms with Crippen LogP contribution in [-0.2, 0) is 14.8 Å². The van der Waals surface area contributed by atoms with Crippen molar-refractivity contribution in [3.05, 3.63) is 65.2 Å². The lowest BCUT2D eigenvalue weighted by Crippen LogP contribution is -2.48. The van der Waals surface area contributed by atoms with E-state index in [9.17, 15) is 18.0 Å². The molecule has 0 saturated heterocycles. The summed E-state index contributed by atoms with van der Waals surface area (Å²) in [5.41, 5.74) is 3.53. The number of hydrogen-bond acceptors (Lipinski definition) is 7. The normalized spacial score (nSPS) is 16.6. The van der Waals surface area contributed by atoms with Crippen LogP contribution in [0.15, 0.2) is 53.4 Å². The third-order valence-electron chi connectivity index (χ3n) is 7.14. The van der Waals surface area contributed by atoms with Crippen LogP contribution in [0.3, 0.4) is 0 Å². The van der Waals surface area contributed by atoms with Gasteiger partial charge in [-0.3, -0.25) is 9.59 Å². The maximum atomic E-state index is 13.9. The largest absolute Gasteiger partial charge is 0.475 e. The van der Waals surface area contributed by atoms with Gasteiger partial charge < -0.3 is 14.5 Å². The highest BCUT2D eigenvalue weighted by Crippen LogP contribution is 2.30. The lowest BCUT2D eigenvalue weighted by atomic mass is 10.00. The second kappa shape index (κ2) is 12.3. The first kappa shape index (κ1) is 30.0. The van der Waals surface area contributed by atoms with Gasteiger partial charge in [0, 0.05) is 44.3 Å². The van der Waals surface area contributed by atoms with Crippen LogP contribution in [0.25, 0.3) is 11.3 Å². The van der Waals surface area contributed by atoms with E-state index in [0.717, 1.165) is 16.7 Å². The van der Waals surface area contributed by atoms with E-state index in [1.807, 2.05) is 32.0 Å². The molecule has 0 radical (unpaired) electrons. The maximum Gasteiger partial charge on any atom is 0.264 e. The first-order chi connectivity index (χ1) is 19.4. The Labute approximate surface area is 241 Å². The van der Waals surface area contributed by atoms with E-state index in [1.54, 1.807) is 29.0 Å². The van der Waals surface area contributed by atoms with Crippen molar-refractivity contribution in [2.45, 2.75) is 52.0 Å². The van der Waals surface area contributed by atoms with E-state index in [2.05, 4.69) is 28.5 Å². The van der Waals surface area contributed by atoms with Gasteiger partial charge in [0.25, 0.3) is 15.9 Å². The third-order valence-corrected chi connectivity index (χ3v) is 8.47. The van der Waals surface area contributed by atoms with Crippen molar-refractivity contribution in [1.29, 1.82) is 0 Å². The van der Waals surface area contributed by atoms with Gasteiger partial charge in [-0.2, -0.15) is 4.98 Å². The van der Waals surface area contributed by atoms with Crippen LogP contribution in [0.2, 0.25) is 0 Å². The quantitative estimate of drug-likeness (QED) is 0.462. The summed E-state index contributed by atoms with van der Waals surface area (Å²) in [6.07, 6.45) is 0.619. The molecule has 1 aliphatic rings. The Kier molecular flexibility index (Phi) is 8.96. The number of amides is 2. The molecule has 0 unspecified atom stereocenters. The Morgan fingerprint density at radius 3 is 2.46 bits per heavy atom. The van der Waals surface area contributed by atoms with Crippen LogP contribution in [0.1, 0.15) is 48.7 Å². The smallest absolute Gasteiger partial charge is 0.264 e. The predicted molar refractivity (Wildman–Crippen MR) is 157 cm³/mol. The standard InChI is InChI=1S/C30H37N5O5S/c1-19(2)15-24-18-40-27-17-26(28-20(3)9-7-10-21(28)4)31-30(32-27)33-41(38,39)25-12-8-11-23(16-25)29(37)35(24)14-13-34(6)22(5)36/h7-12,16-17,19,24H,13-15,18H2,1-6H3,(H,31,32,33)/t24-/m1/s1. The van der Waals surface area contributed by atoms with E-state index in [4.69, 9.17) is 4.74 Å². The number of rotatable bonds is 6. The number of nitrogens with zero attached hydrogens (tertiary/aromatic N) is 4. The lowest BCUT2D eigenvalue weighted by Gasteiger charge is -2.34. The Bertz CT molecular complexity index is 1540. The molecule has 0 fully saturated rings.